The summed E-state index contributed by atoms with van der Waals surface area (Å²) in [6.45, 7) is 3.26. The van der Waals surface area contributed by atoms with E-state index >= 15 is 0 Å². The molecule has 0 aliphatic carbocycles. The zero-order valence-electron chi connectivity index (χ0n) is 8.94. The van der Waals surface area contributed by atoms with Crippen LogP contribution in [0.2, 0.25) is 0 Å². The van der Waals surface area contributed by atoms with Crippen LogP contribution in [0.3, 0.4) is 0 Å². The third-order valence-corrected chi connectivity index (χ3v) is 2.09. The third-order valence-electron chi connectivity index (χ3n) is 2.09. The Morgan fingerprint density at radius 1 is 1.31 bits per heavy atom. The molecule has 0 heterocycles. The Labute approximate surface area is 99.2 Å². The monoisotopic (exact) mass is 248 g/mol. The molecule has 4 nitrogen and oxygen atoms in total. The first kappa shape index (κ1) is 14.8. The topological polar surface area (TPSA) is 64.8 Å². The van der Waals surface area contributed by atoms with E-state index in [9.17, 15) is 4.39 Å². The minimum Gasteiger partial charge on any atom is -0.411 e. The SMILES string of the molecule is CC(C)(NO)/C(=N\O)c1ccc(F)cc1.Cl. The summed E-state index contributed by atoms with van der Waals surface area (Å²) in [5.74, 6) is -0.370. The highest BCUT2D eigenvalue weighted by Crippen LogP contribution is 2.14. The van der Waals surface area contributed by atoms with Crippen molar-refractivity contribution in [1.29, 1.82) is 0 Å². The molecule has 0 amide bonds. The number of oxime groups is 1. The lowest BCUT2D eigenvalue weighted by Crippen LogP contribution is -2.45. The summed E-state index contributed by atoms with van der Waals surface area (Å²) in [7, 11) is 0. The van der Waals surface area contributed by atoms with E-state index in [2.05, 4.69) is 5.16 Å². The van der Waals surface area contributed by atoms with Crippen molar-refractivity contribution in [2.45, 2.75) is 19.4 Å². The van der Waals surface area contributed by atoms with Gasteiger partial charge in [0.2, 0.25) is 0 Å². The van der Waals surface area contributed by atoms with Gasteiger partial charge in [-0.1, -0.05) is 17.3 Å². The molecule has 6 heteroatoms. The van der Waals surface area contributed by atoms with Crippen LogP contribution in [0.15, 0.2) is 29.4 Å². The molecule has 0 spiro atoms. The van der Waals surface area contributed by atoms with E-state index in [1.165, 1.54) is 24.3 Å². The highest BCUT2D eigenvalue weighted by Gasteiger charge is 2.26. The number of nitrogens with zero attached hydrogens (tertiary/aromatic N) is 1. The fraction of sp³-hybridized carbons (Fsp3) is 0.300. The molecule has 0 aromatic heterocycles. The number of halogens is 2. The van der Waals surface area contributed by atoms with Crippen LogP contribution in [0.25, 0.3) is 0 Å². The van der Waals surface area contributed by atoms with Gasteiger partial charge in [-0.05, 0) is 26.0 Å². The van der Waals surface area contributed by atoms with Gasteiger partial charge in [-0.25, -0.2) is 4.39 Å². The fourth-order valence-electron chi connectivity index (χ4n) is 1.20. The molecule has 3 N–H and O–H groups in total. The molecular weight excluding hydrogens is 235 g/mol. The molecule has 0 saturated heterocycles. The van der Waals surface area contributed by atoms with Crippen molar-refractivity contribution in [2.75, 3.05) is 0 Å². The number of hydrogen-bond acceptors (Lipinski definition) is 4. The largest absolute Gasteiger partial charge is 0.411 e. The Morgan fingerprint density at radius 2 is 1.81 bits per heavy atom. The van der Waals surface area contributed by atoms with Crippen LogP contribution in [0.1, 0.15) is 19.4 Å². The first-order chi connectivity index (χ1) is 7.01. The summed E-state index contributed by atoms with van der Waals surface area (Å²) < 4.78 is 12.7. The molecule has 0 saturated carbocycles. The Balaban J connectivity index is 0.00000225. The number of hydroxylamine groups is 1. The molecule has 90 valence electrons. The highest BCUT2D eigenvalue weighted by molar-refractivity contribution is 6.06. The van der Waals surface area contributed by atoms with E-state index in [0.29, 0.717) is 5.56 Å². The van der Waals surface area contributed by atoms with Gasteiger partial charge in [-0.3, -0.25) is 0 Å². The van der Waals surface area contributed by atoms with E-state index in [4.69, 9.17) is 10.4 Å². The lowest BCUT2D eigenvalue weighted by molar-refractivity contribution is 0.113. The lowest BCUT2D eigenvalue weighted by atomic mass is 9.93. The van der Waals surface area contributed by atoms with Gasteiger partial charge in [-0.2, -0.15) is 5.48 Å². The number of hydrogen-bond donors (Lipinski definition) is 3. The quantitative estimate of drug-likeness (QED) is 0.436. The molecule has 1 aromatic rings. The van der Waals surface area contributed by atoms with Gasteiger partial charge in [0.1, 0.15) is 11.5 Å². The normalized spacial score (nSPS) is 12.1. The molecule has 0 unspecified atom stereocenters. The minimum atomic E-state index is -0.910. The first-order valence-electron chi connectivity index (χ1n) is 4.41. The van der Waals surface area contributed by atoms with Gasteiger partial charge in [0.15, 0.2) is 0 Å². The van der Waals surface area contributed by atoms with Gasteiger partial charge in [0, 0.05) is 5.56 Å². The summed E-state index contributed by atoms with van der Waals surface area (Å²) in [4.78, 5) is 0. The Kier molecular flexibility index (Phi) is 5.37. The van der Waals surface area contributed by atoms with Crippen LogP contribution in [0.5, 0.6) is 0 Å². The van der Waals surface area contributed by atoms with Crippen LogP contribution in [0.4, 0.5) is 4.39 Å². The van der Waals surface area contributed by atoms with Crippen molar-refractivity contribution >= 4 is 18.1 Å². The van der Waals surface area contributed by atoms with Gasteiger partial charge in [0.05, 0.1) is 5.54 Å². The first-order valence-corrected chi connectivity index (χ1v) is 4.41. The molecule has 1 rings (SSSR count). The molecule has 0 atom stereocenters. The smallest absolute Gasteiger partial charge is 0.123 e. The molecule has 1 aromatic carbocycles. The average Bonchev–Trinajstić information content (AvgIpc) is 2.22. The standard InChI is InChI=1S/C10H13FN2O2.ClH/c1-10(2,13-15)9(12-14)7-3-5-8(11)6-4-7;/h3-6,13-15H,1-2H3;1H/b12-9-;. The van der Waals surface area contributed by atoms with Crippen molar-refractivity contribution in [3.8, 4) is 0 Å². The van der Waals surface area contributed by atoms with Crippen molar-refractivity contribution in [3.05, 3.63) is 35.6 Å². The number of benzene rings is 1. The maximum atomic E-state index is 12.7. The maximum absolute atomic E-state index is 12.7. The molecule has 0 fully saturated rings. The van der Waals surface area contributed by atoms with E-state index in [-0.39, 0.29) is 23.9 Å². The average molecular weight is 249 g/mol. The van der Waals surface area contributed by atoms with Crippen LogP contribution in [0, 0.1) is 5.82 Å². The maximum Gasteiger partial charge on any atom is 0.123 e. The van der Waals surface area contributed by atoms with Gasteiger partial charge in [0.25, 0.3) is 0 Å². The fourth-order valence-corrected chi connectivity index (χ4v) is 1.20. The molecule has 16 heavy (non-hydrogen) atoms. The Bertz CT molecular complexity index is 366. The van der Waals surface area contributed by atoms with E-state index < -0.39 is 5.54 Å². The van der Waals surface area contributed by atoms with Crippen LogP contribution in [-0.4, -0.2) is 21.7 Å². The van der Waals surface area contributed by atoms with Gasteiger partial charge in [-0.15, -0.1) is 12.4 Å². The predicted molar refractivity (Wildman–Crippen MR) is 61.0 cm³/mol. The van der Waals surface area contributed by atoms with Crippen LogP contribution in [-0.2, 0) is 0 Å². The second-order valence-electron chi connectivity index (χ2n) is 3.69. The van der Waals surface area contributed by atoms with Crippen molar-refractivity contribution in [1.82, 2.24) is 5.48 Å². The van der Waals surface area contributed by atoms with E-state index in [1.54, 1.807) is 13.8 Å². The molecule has 0 bridgehead atoms. The van der Waals surface area contributed by atoms with Crippen LogP contribution < -0.4 is 5.48 Å². The second kappa shape index (κ2) is 5.79. The Morgan fingerprint density at radius 3 is 2.19 bits per heavy atom. The third kappa shape index (κ3) is 3.16. The predicted octanol–water partition coefficient (Wildman–Crippen LogP) is 2.18. The second-order valence-corrected chi connectivity index (χ2v) is 3.69. The highest BCUT2D eigenvalue weighted by atomic mass is 35.5. The zero-order valence-corrected chi connectivity index (χ0v) is 9.75. The lowest BCUT2D eigenvalue weighted by Gasteiger charge is -2.23. The van der Waals surface area contributed by atoms with Crippen LogP contribution >= 0.6 is 12.4 Å². The molecule has 0 aliphatic heterocycles. The summed E-state index contributed by atoms with van der Waals surface area (Å²) in [5.41, 5.74) is 1.87. The number of nitrogens with one attached hydrogen (secondary N) is 1. The summed E-state index contributed by atoms with van der Waals surface area (Å²) in [6.07, 6.45) is 0. The van der Waals surface area contributed by atoms with Crippen molar-refractivity contribution in [2.24, 2.45) is 5.16 Å². The van der Waals surface area contributed by atoms with Crippen molar-refractivity contribution in [3.63, 3.8) is 0 Å². The molecule has 0 radical (unpaired) electrons. The molecular formula is C10H14ClFN2O2. The Hall–Kier alpha value is -1.17. The van der Waals surface area contributed by atoms with Gasteiger partial charge >= 0.3 is 0 Å². The summed E-state index contributed by atoms with van der Waals surface area (Å²) in [5, 5.41) is 20.9. The number of rotatable bonds is 3. The minimum absolute atomic E-state index is 0. The molecule has 0 aliphatic rings. The van der Waals surface area contributed by atoms with Gasteiger partial charge < -0.3 is 10.4 Å². The van der Waals surface area contributed by atoms with E-state index in [1.807, 2.05) is 5.48 Å². The summed E-state index contributed by atoms with van der Waals surface area (Å²) in [6, 6.07) is 5.47. The van der Waals surface area contributed by atoms with Crippen molar-refractivity contribution < 1.29 is 14.8 Å². The summed E-state index contributed by atoms with van der Waals surface area (Å²) >= 11 is 0. The van der Waals surface area contributed by atoms with E-state index in [0.717, 1.165) is 0 Å². The zero-order chi connectivity index (χ0) is 11.5.